The number of benzene rings is 2. The SMILES string of the molecule is O=c1c2ccc(Cl)cc2[nH]c2c(O)nn(-c3ccc(O)cc3)c(=O)c12. The van der Waals surface area contributed by atoms with E-state index in [1.807, 2.05) is 0 Å². The maximum Gasteiger partial charge on any atom is 0.285 e. The highest BCUT2D eigenvalue weighted by atomic mass is 35.5. The highest BCUT2D eigenvalue weighted by Crippen LogP contribution is 2.22. The van der Waals surface area contributed by atoms with Crippen molar-refractivity contribution in [1.82, 2.24) is 14.8 Å². The first-order valence-electron chi connectivity index (χ1n) is 7.22. The van der Waals surface area contributed by atoms with Gasteiger partial charge in [0.05, 0.1) is 11.2 Å². The van der Waals surface area contributed by atoms with Gasteiger partial charge in [0, 0.05) is 10.4 Å². The molecule has 0 radical (unpaired) electrons. The summed E-state index contributed by atoms with van der Waals surface area (Å²) >= 11 is 5.92. The smallest absolute Gasteiger partial charge is 0.285 e. The van der Waals surface area contributed by atoms with Crippen LogP contribution >= 0.6 is 11.6 Å². The third-order valence-corrected chi connectivity index (χ3v) is 4.12. The number of pyridine rings is 1. The molecule has 0 aliphatic carbocycles. The van der Waals surface area contributed by atoms with Crippen LogP contribution in [0.5, 0.6) is 11.6 Å². The van der Waals surface area contributed by atoms with Gasteiger partial charge in [0.15, 0.2) is 0 Å². The van der Waals surface area contributed by atoms with E-state index in [1.165, 1.54) is 36.4 Å². The van der Waals surface area contributed by atoms with Crippen molar-refractivity contribution in [2.24, 2.45) is 0 Å². The Morgan fingerprint density at radius 3 is 2.48 bits per heavy atom. The molecule has 8 heteroatoms. The van der Waals surface area contributed by atoms with Gasteiger partial charge in [0.25, 0.3) is 11.4 Å². The Hall–Kier alpha value is -3.32. The summed E-state index contributed by atoms with van der Waals surface area (Å²) in [4.78, 5) is 28.4. The lowest BCUT2D eigenvalue weighted by atomic mass is 10.1. The molecule has 0 aliphatic rings. The molecule has 4 rings (SSSR count). The Morgan fingerprint density at radius 2 is 1.76 bits per heavy atom. The van der Waals surface area contributed by atoms with Crippen LogP contribution < -0.4 is 11.0 Å². The molecule has 0 bridgehead atoms. The Kier molecular flexibility index (Phi) is 3.26. The first kappa shape index (κ1) is 15.2. The highest BCUT2D eigenvalue weighted by Gasteiger charge is 2.17. The zero-order chi connectivity index (χ0) is 17.7. The Morgan fingerprint density at radius 1 is 1.04 bits per heavy atom. The summed E-state index contributed by atoms with van der Waals surface area (Å²) in [7, 11) is 0. The van der Waals surface area contributed by atoms with E-state index in [2.05, 4.69) is 10.1 Å². The van der Waals surface area contributed by atoms with Gasteiger partial charge in [0.1, 0.15) is 16.7 Å². The fourth-order valence-electron chi connectivity index (χ4n) is 2.70. The topological polar surface area (TPSA) is 108 Å². The number of rotatable bonds is 1. The molecule has 0 saturated heterocycles. The van der Waals surface area contributed by atoms with Crippen LogP contribution in [0.3, 0.4) is 0 Å². The summed E-state index contributed by atoms with van der Waals surface area (Å²) in [5, 5.41) is 23.9. The molecular formula is C17H10ClN3O4. The van der Waals surface area contributed by atoms with E-state index in [1.54, 1.807) is 6.07 Å². The number of phenolic OH excluding ortho intramolecular Hbond substituents is 1. The Balaban J connectivity index is 2.15. The highest BCUT2D eigenvalue weighted by molar-refractivity contribution is 6.31. The van der Waals surface area contributed by atoms with E-state index in [9.17, 15) is 19.8 Å². The van der Waals surface area contributed by atoms with Crippen LogP contribution in [0.2, 0.25) is 5.02 Å². The van der Waals surface area contributed by atoms with Crippen molar-refractivity contribution in [2.45, 2.75) is 0 Å². The first-order valence-corrected chi connectivity index (χ1v) is 7.60. The number of aromatic amines is 1. The molecule has 2 aromatic heterocycles. The van der Waals surface area contributed by atoms with Gasteiger partial charge >= 0.3 is 0 Å². The molecule has 4 aromatic rings. The quantitative estimate of drug-likeness (QED) is 0.454. The molecule has 2 heterocycles. The monoisotopic (exact) mass is 355 g/mol. The van der Waals surface area contributed by atoms with Crippen LogP contribution in [-0.2, 0) is 0 Å². The lowest BCUT2D eigenvalue weighted by Crippen LogP contribution is -2.26. The number of H-pyrrole nitrogens is 1. The number of nitrogens with one attached hydrogen (secondary N) is 1. The van der Waals surface area contributed by atoms with E-state index in [0.29, 0.717) is 16.2 Å². The van der Waals surface area contributed by atoms with E-state index in [4.69, 9.17) is 11.6 Å². The van der Waals surface area contributed by atoms with Crippen LogP contribution in [-0.4, -0.2) is 25.0 Å². The van der Waals surface area contributed by atoms with Crippen LogP contribution in [0.25, 0.3) is 27.5 Å². The number of aromatic nitrogens is 3. The van der Waals surface area contributed by atoms with Gasteiger partial charge in [-0.2, -0.15) is 4.68 Å². The molecule has 2 aromatic carbocycles. The molecule has 0 fully saturated rings. The summed E-state index contributed by atoms with van der Waals surface area (Å²) < 4.78 is 0.911. The Labute approximate surface area is 144 Å². The van der Waals surface area contributed by atoms with Gasteiger partial charge in [-0.05, 0) is 42.5 Å². The van der Waals surface area contributed by atoms with Crippen molar-refractivity contribution in [3.63, 3.8) is 0 Å². The first-order chi connectivity index (χ1) is 12.0. The van der Waals surface area contributed by atoms with E-state index in [0.717, 1.165) is 4.68 Å². The van der Waals surface area contributed by atoms with Crippen molar-refractivity contribution in [2.75, 3.05) is 0 Å². The molecule has 0 spiro atoms. The van der Waals surface area contributed by atoms with Gasteiger partial charge in [-0.15, -0.1) is 5.10 Å². The van der Waals surface area contributed by atoms with Crippen LogP contribution in [0.1, 0.15) is 0 Å². The average molecular weight is 356 g/mol. The van der Waals surface area contributed by atoms with Crippen LogP contribution in [0, 0.1) is 0 Å². The molecule has 0 unspecified atom stereocenters. The van der Waals surface area contributed by atoms with E-state index in [-0.39, 0.29) is 22.0 Å². The third-order valence-electron chi connectivity index (χ3n) is 3.88. The summed E-state index contributed by atoms with van der Waals surface area (Å²) in [5.41, 5.74) is -0.577. The molecule has 3 N–H and O–H groups in total. The van der Waals surface area contributed by atoms with E-state index < -0.39 is 16.9 Å². The second-order valence-corrected chi connectivity index (χ2v) is 5.89. The van der Waals surface area contributed by atoms with Gasteiger partial charge in [-0.25, -0.2) is 0 Å². The number of hydrogen-bond donors (Lipinski definition) is 3. The summed E-state index contributed by atoms with van der Waals surface area (Å²) in [6.07, 6.45) is 0. The van der Waals surface area contributed by atoms with Crippen molar-refractivity contribution >= 4 is 33.4 Å². The fourth-order valence-corrected chi connectivity index (χ4v) is 2.87. The zero-order valence-corrected chi connectivity index (χ0v) is 13.3. The average Bonchev–Trinajstić information content (AvgIpc) is 2.58. The van der Waals surface area contributed by atoms with Crippen LogP contribution in [0.4, 0.5) is 0 Å². The third kappa shape index (κ3) is 2.33. The minimum Gasteiger partial charge on any atom is -0.508 e. The molecule has 25 heavy (non-hydrogen) atoms. The minimum atomic E-state index is -0.684. The summed E-state index contributed by atoms with van der Waals surface area (Å²) in [5.74, 6) is -0.482. The second-order valence-electron chi connectivity index (χ2n) is 5.45. The number of hydrogen-bond acceptors (Lipinski definition) is 5. The number of halogens is 1. The predicted octanol–water partition coefficient (Wildman–Crippen LogP) is 2.29. The molecule has 124 valence electrons. The molecule has 0 atom stereocenters. The van der Waals surface area contributed by atoms with Gasteiger partial charge in [-0.1, -0.05) is 11.6 Å². The number of phenols is 1. The largest absolute Gasteiger partial charge is 0.508 e. The Bertz CT molecular complexity index is 1260. The number of aromatic hydroxyl groups is 2. The second kappa shape index (κ2) is 5.35. The van der Waals surface area contributed by atoms with Crippen molar-refractivity contribution in [3.8, 4) is 17.3 Å². The van der Waals surface area contributed by atoms with Gasteiger partial charge < -0.3 is 15.2 Å². The van der Waals surface area contributed by atoms with E-state index >= 15 is 0 Å². The summed E-state index contributed by atoms with van der Waals surface area (Å²) in [6, 6.07) is 10.2. The lowest BCUT2D eigenvalue weighted by molar-refractivity contribution is 0.443. The molecule has 0 amide bonds. The predicted molar refractivity (Wildman–Crippen MR) is 93.8 cm³/mol. The molecular weight excluding hydrogens is 346 g/mol. The standard InChI is InChI=1S/C17H10ClN3O4/c18-8-1-6-11-12(7-8)19-14-13(15(11)23)17(25)21(20-16(14)24)9-2-4-10(22)5-3-9/h1-7,22H,(H,19,23)(H,20,24). The zero-order valence-electron chi connectivity index (χ0n) is 12.5. The van der Waals surface area contributed by atoms with Gasteiger partial charge in [0.2, 0.25) is 5.43 Å². The molecule has 0 aliphatic heterocycles. The minimum absolute atomic E-state index is 0.0162. The fraction of sp³-hybridized carbons (Fsp3) is 0. The molecule has 0 saturated carbocycles. The summed E-state index contributed by atoms with van der Waals surface area (Å²) in [6.45, 7) is 0. The van der Waals surface area contributed by atoms with Crippen LogP contribution in [0.15, 0.2) is 52.1 Å². The normalized spacial score (nSPS) is 11.2. The maximum absolute atomic E-state index is 12.8. The van der Waals surface area contributed by atoms with Crippen molar-refractivity contribution in [3.05, 3.63) is 68.1 Å². The number of nitrogens with zero attached hydrogens (tertiary/aromatic N) is 2. The maximum atomic E-state index is 12.8. The molecule has 7 nitrogen and oxygen atoms in total. The van der Waals surface area contributed by atoms with Crippen molar-refractivity contribution < 1.29 is 10.2 Å². The van der Waals surface area contributed by atoms with Crippen molar-refractivity contribution in [1.29, 1.82) is 0 Å². The lowest BCUT2D eigenvalue weighted by Gasteiger charge is -2.09. The van der Waals surface area contributed by atoms with Gasteiger partial charge in [-0.3, -0.25) is 9.59 Å². The number of fused-ring (bicyclic) bond motifs is 2.